The standard InChI is InChI=1S/C17H21NO4S/c1-12-7-8-13(2)17(9-12)23(20,21)18-15-6-4-5-14(10-15)16(19)11-22-3/h4-10,16,18-19H,11H2,1-3H3. The van der Waals surface area contributed by atoms with Crippen molar-refractivity contribution in [2.75, 3.05) is 18.4 Å². The Kier molecular flexibility index (Phi) is 5.41. The number of nitrogens with one attached hydrogen (secondary N) is 1. The van der Waals surface area contributed by atoms with Gasteiger partial charge in [-0.1, -0.05) is 24.3 Å². The van der Waals surface area contributed by atoms with E-state index < -0.39 is 16.1 Å². The second-order valence-electron chi connectivity index (χ2n) is 5.47. The topological polar surface area (TPSA) is 75.6 Å². The maximum atomic E-state index is 12.6. The van der Waals surface area contributed by atoms with Gasteiger partial charge in [0.25, 0.3) is 10.0 Å². The summed E-state index contributed by atoms with van der Waals surface area (Å²) in [6, 6.07) is 12.0. The Morgan fingerprint density at radius 1 is 1.17 bits per heavy atom. The monoisotopic (exact) mass is 335 g/mol. The number of hydrogen-bond acceptors (Lipinski definition) is 4. The number of anilines is 1. The lowest BCUT2D eigenvalue weighted by atomic mass is 10.1. The lowest BCUT2D eigenvalue weighted by Crippen LogP contribution is -2.15. The molecule has 0 radical (unpaired) electrons. The van der Waals surface area contributed by atoms with Gasteiger partial charge in [-0.05, 0) is 48.7 Å². The summed E-state index contributed by atoms with van der Waals surface area (Å²) in [7, 11) is -2.19. The van der Waals surface area contributed by atoms with E-state index in [1.165, 1.54) is 7.11 Å². The fourth-order valence-corrected chi connectivity index (χ4v) is 3.65. The number of ether oxygens (including phenoxy) is 1. The molecule has 0 amide bonds. The van der Waals surface area contributed by atoms with Crippen molar-refractivity contribution in [3.63, 3.8) is 0 Å². The molecule has 0 bridgehead atoms. The summed E-state index contributed by atoms with van der Waals surface area (Å²) >= 11 is 0. The summed E-state index contributed by atoms with van der Waals surface area (Å²) in [6.45, 7) is 3.75. The molecule has 2 aromatic carbocycles. The van der Waals surface area contributed by atoms with Gasteiger partial charge in [-0.3, -0.25) is 4.72 Å². The minimum absolute atomic E-state index is 0.146. The molecule has 0 fully saturated rings. The van der Waals surface area contributed by atoms with Crippen molar-refractivity contribution in [3.8, 4) is 0 Å². The summed E-state index contributed by atoms with van der Waals surface area (Å²) in [5.74, 6) is 0. The Morgan fingerprint density at radius 3 is 2.61 bits per heavy atom. The molecule has 0 aliphatic carbocycles. The highest BCUT2D eigenvalue weighted by Gasteiger charge is 2.18. The van der Waals surface area contributed by atoms with Crippen LogP contribution in [0.4, 0.5) is 5.69 Å². The summed E-state index contributed by atoms with van der Waals surface area (Å²) in [6.07, 6.45) is -0.801. The van der Waals surface area contributed by atoms with Crippen molar-refractivity contribution in [2.24, 2.45) is 0 Å². The van der Waals surface area contributed by atoms with E-state index in [1.807, 2.05) is 13.0 Å². The quantitative estimate of drug-likeness (QED) is 0.851. The zero-order chi connectivity index (χ0) is 17.0. The van der Waals surface area contributed by atoms with Crippen LogP contribution in [0.5, 0.6) is 0 Å². The second kappa shape index (κ2) is 7.12. The van der Waals surface area contributed by atoms with Crippen LogP contribution in [0.2, 0.25) is 0 Å². The SMILES string of the molecule is COCC(O)c1cccc(NS(=O)(=O)c2cc(C)ccc2C)c1. The molecule has 0 heterocycles. The van der Waals surface area contributed by atoms with Gasteiger partial charge in [0.15, 0.2) is 0 Å². The first kappa shape index (κ1) is 17.5. The van der Waals surface area contributed by atoms with Crippen LogP contribution >= 0.6 is 0 Å². The number of sulfonamides is 1. The molecule has 0 aromatic heterocycles. The smallest absolute Gasteiger partial charge is 0.262 e. The lowest BCUT2D eigenvalue weighted by molar-refractivity contribution is 0.0644. The third-order valence-corrected chi connectivity index (χ3v) is 5.00. The Bertz CT molecular complexity index is 787. The molecule has 1 atom stereocenters. The van der Waals surface area contributed by atoms with Crippen LogP contribution in [-0.4, -0.2) is 27.2 Å². The minimum atomic E-state index is -3.68. The number of aliphatic hydroxyl groups excluding tert-OH is 1. The number of rotatable bonds is 6. The van der Waals surface area contributed by atoms with Crippen LogP contribution in [0.1, 0.15) is 22.8 Å². The first-order chi connectivity index (χ1) is 10.8. The zero-order valence-electron chi connectivity index (χ0n) is 13.4. The number of methoxy groups -OCH3 is 1. The van der Waals surface area contributed by atoms with Crippen molar-refractivity contribution in [1.82, 2.24) is 0 Å². The maximum absolute atomic E-state index is 12.6. The van der Waals surface area contributed by atoms with E-state index >= 15 is 0 Å². The minimum Gasteiger partial charge on any atom is -0.386 e. The molecule has 1 unspecified atom stereocenters. The molecule has 0 aliphatic rings. The Morgan fingerprint density at radius 2 is 1.91 bits per heavy atom. The van der Waals surface area contributed by atoms with Gasteiger partial charge >= 0.3 is 0 Å². The molecule has 5 nitrogen and oxygen atoms in total. The van der Waals surface area contributed by atoms with Gasteiger partial charge < -0.3 is 9.84 Å². The molecular weight excluding hydrogens is 314 g/mol. The van der Waals surface area contributed by atoms with Gasteiger partial charge in [0.1, 0.15) is 6.10 Å². The molecule has 2 aromatic rings. The predicted molar refractivity (Wildman–Crippen MR) is 90.0 cm³/mol. The average Bonchev–Trinajstić information content (AvgIpc) is 2.49. The molecule has 124 valence electrons. The van der Waals surface area contributed by atoms with Crippen LogP contribution in [-0.2, 0) is 14.8 Å². The van der Waals surface area contributed by atoms with Crippen LogP contribution in [0.25, 0.3) is 0 Å². The number of benzene rings is 2. The molecule has 23 heavy (non-hydrogen) atoms. The van der Waals surface area contributed by atoms with E-state index in [-0.39, 0.29) is 11.5 Å². The highest BCUT2D eigenvalue weighted by molar-refractivity contribution is 7.92. The Hall–Kier alpha value is -1.89. The van der Waals surface area contributed by atoms with Crippen molar-refractivity contribution < 1.29 is 18.3 Å². The van der Waals surface area contributed by atoms with Crippen molar-refractivity contribution in [2.45, 2.75) is 24.8 Å². The van der Waals surface area contributed by atoms with E-state index in [0.717, 1.165) is 5.56 Å². The van der Waals surface area contributed by atoms with Crippen molar-refractivity contribution >= 4 is 15.7 Å². The highest BCUT2D eigenvalue weighted by Crippen LogP contribution is 2.23. The fraction of sp³-hybridized carbons (Fsp3) is 0.294. The predicted octanol–water partition coefficient (Wildman–Crippen LogP) is 2.78. The van der Waals surface area contributed by atoms with E-state index in [4.69, 9.17) is 4.74 Å². The molecule has 0 saturated heterocycles. The number of aryl methyl sites for hydroxylation is 2. The Labute approximate surface area is 137 Å². The van der Waals surface area contributed by atoms with Crippen molar-refractivity contribution in [3.05, 3.63) is 59.2 Å². The molecule has 2 N–H and O–H groups in total. The van der Waals surface area contributed by atoms with E-state index in [9.17, 15) is 13.5 Å². The van der Waals surface area contributed by atoms with Gasteiger partial charge in [-0.25, -0.2) is 8.42 Å². The largest absolute Gasteiger partial charge is 0.386 e. The second-order valence-corrected chi connectivity index (χ2v) is 7.12. The van der Waals surface area contributed by atoms with Crippen LogP contribution in [0.3, 0.4) is 0 Å². The lowest BCUT2D eigenvalue weighted by Gasteiger charge is -2.14. The van der Waals surface area contributed by atoms with E-state index in [0.29, 0.717) is 16.8 Å². The summed E-state index contributed by atoms with van der Waals surface area (Å²) in [5, 5.41) is 9.94. The van der Waals surface area contributed by atoms with Gasteiger partial charge in [-0.15, -0.1) is 0 Å². The molecule has 0 spiro atoms. The van der Waals surface area contributed by atoms with Crippen LogP contribution < -0.4 is 4.72 Å². The summed E-state index contributed by atoms with van der Waals surface area (Å²) in [5.41, 5.74) is 2.55. The van der Waals surface area contributed by atoms with Gasteiger partial charge in [0, 0.05) is 12.8 Å². The van der Waals surface area contributed by atoms with Gasteiger partial charge in [0.2, 0.25) is 0 Å². The van der Waals surface area contributed by atoms with Gasteiger partial charge in [0.05, 0.1) is 11.5 Å². The van der Waals surface area contributed by atoms with Crippen LogP contribution in [0, 0.1) is 13.8 Å². The summed E-state index contributed by atoms with van der Waals surface area (Å²) in [4.78, 5) is 0.250. The molecule has 2 rings (SSSR count). The average molecular weight is 335 g/mol. The normalized spacial score (nSPS) is 12.9. The molecule has 0 aliphatic heterocycles. The first-order valence-corrected chi connectivity index (χ1v) is 8.69. The Balaban J connectivity index is 2.31. The molecule has 6 heteroatoms. The third kappa shape index (κ3) is 4.31. The van der Waals surface area contributed by atoms with Crippen molar-refractivity contribution in [1.29, 1.82) is 0 Å². The number of hydrogen-bond donors (Lipinski definition) is 2. The zero-order valence-corrected chi connectivity index (χ0v) is 14.2. The maximum Gasteiger partial charge on any atom is 0.262 e. The van der Waals surface area contributed by atoms with Crippen LogP contribution in [0.15, 0.2) is 47.4 Å². The highest BCUT2D eigenvalue weighted by atomic mass is 32.2. The van der Waals surface area contributed by atoms with Gasteiger partial charge in [-0.2, -0.15) is 0 Å². The fourth-order valence-electron chi connectivity index (χ4n) is 2.27. The van der Waals surface area contributed by atoms with E-state index in [1.54, 1.807) is 43.3 Å². The molecular formula is C17H21NO4S. The van der Waals surface area contributed by atoms with E-state index in [2.05, 4.69) is 4.72 Å². The first-order valence-electron chi connectivity index (χ1n) is 7.20. The molecule has 0 saturated carbocycles. The third-order valence-electron chi connectivity index (χ3n) is 3.48. The number of aliphatic hydroxyl groups is 1. The summed E-state index contributed by atoms with van der Waals surface area (Å²) < 4.78 is 32.6.